The zero-order valence-electron chi connectivity index (χ0n) is 11.6. The molecule has 0 radical (unpaired) electrons. The summed E-state index contributed by atoms with van der Waals surface area (Å²) in [5.41, 5.74) is 12.1. The number of benzene rings is 1. The summed E-state index contributed by atoms with van der Waals surface area (Å²) in [6.45, 7) is 0. The number of nitrogens with zero attached hydrogens (tertiary/aromatic N) is 3. The Morgan fingerprint density at radius 3 is 2.52 bits per heavy atom. The minimum Gasteiger partial charge on any atom is -0.393 e. The fraction of sp³-hybridized carbons (Fsp3) is 0.154. The Balaban J connectivity index is 2.08. The van der Waals surface area contributed by atoms with Crippen molar-refractivity contribution in [1.82, 2.24) is 15.4 Å². The number of hydrogen-bond donors (Lipinski definition) is 3. The number of nitrogens with two attached hydrogens (primary N) is 1. The summed E-state index contributed by atoms with van der Waals surface area (Å²) in [5.74, 6) is 0.636. The molecule has 0 saturated carbocycles. The SMILES string of the molecule is CN(C)c1ncnc(NNC(=O)c2ccc(Br)cc2)c1N. The molecule has 1 aromatic carbocycles. The maximum Gasteiger partial charge on any atom is 0.269 e. The van der Waals surface area contributed by atoms with Gasteiger partial charge in [0.1, 0.15) is 12.0 Å². The number of anilines is 3. The molecule has 0 bridgehead atoms. The lowest BCUT2D eigenvalue weighted by molar-refractivity contribution is 0.0962. The molecule has 2 aromatic rings. The van der Waals surface area contributed by atoms with Crippen LogP contribution in [0.2, 0.25) is 0 Å². The number of rotatable bonds is 4. The smallest absolute Gasteiger partial charge is 0.269 e. The Morgan fingerprint density at radius 2 is 1.90 bits per heavy atom. The lowest BCUT2D eigenvalue weighted by Gasteiger charge is -2.16. The molecule has 7 nitrogen and oxygen atoms in total. The minimum absolute atomic E-state index is 0.285. The lowest BCUT2D eigenvalue weighted by atomic mass is 10.2. The van der Waals surface area contributed by atoms with Crippen LogP contribution in [0.15, 0.2) is 35.1 Å². The van der Waals surface area contributed by atoms with Gasteiger partial charge in [0, 0.05) is 24.1 Å². The normalized spacial score (nSPS) is 10.0. The Morgan fingerprint density at radius 1 is 1.24 bits per heavy atom. The maximum atomic E-state index is 12.0. The summed E-state index contributed by atoms with van der Waals surface area (Å²) in [6, 6.07) is 6.99. The number of aromatic nitrogens is 2. The van der Waals surface area contributed by atoms with E-state index in [1.165, 1.54) is 6.33 Å². The van der Waals surface area contributed by atoms with Gasteiger partial charge in [-0.25, -0.2) is 9.97 Å². The van der Waals surface area contributed by atoms with Crippen LogP contribution in [0.1, 0.15) is 10.4 Å². The van der Waals surface area contributed by atoms with E-state index in [1.54, 1.807) is 29.2 Å². The average Bonchev–Trinajstić information content (AvgIpc) is 2.46. The van der Waals surface area contributed by atoms with Gasteiger partial charge in [-0.05, 0) is 24.3 Å². The first-order valence-corrected chi connectivity index (χ1v) is 6.88. The molecular formula is C13H15BrN6O. The summed E-state index contributed by atoms with van der Waals surface area (Å²) >= 11 is 3.32. The summed E-state index contributed by atoms with van der Waals surface area (Å²) < 4.78 is 0.905. The molecular weight excluding hydrogens is 336 g/mol. The standard InChI is InChI=1S/C13H15BrN6O/c1-20(2)12-10(15)11(16-7-17-12)18-19-13(21)8-3-5-9(14)6-4-8/h3-7H,15H2,1-2H3,(H,19,21)(H,16,17,18). The summed E-state index contributed by atoms with van der Waals surface area (Å²) in [6.07, 6.45) is 1.37. The molecule has 0 spiro atoms. The van der Waals surface area contributed by atoms with Crippen molar-refractivity contribution in [3.63, 3.8) is 0 Å². The molecule has 1 amide bonds. The van der Waals surface area contributed by atoms with Gasteiger partial charge in [-0.15, -0.1) is 0 Å². The first-order valence-electron chi connectivity index (χ1n) is 6.08. The fourth-order valence-corrected chi connectivity index (χ4v) is 1.90. The Labute approximate surface area is 130 Å². The topological polar surface area (TPSA) is 96.2 Å². The zero-order chi connectivity index (χ0) is 15.4. The van der Waals surface area contributed by atoms with Crippen LogP contribution in [0.3, 0.4) is 0 Å². The van der Waals surface area contributed by atoms with Crippen LogP contribution in [-0.2, 0) is 0 Å². The van der Waals surface area contributed by atoms with Crippen molar-refractivity contribution in [2.24, 2.45) is 0 Å². The number of hydrazine groups is 1. The Kier molecular flexibility index (Phi) is 4.59. The second-order valence-corrected chi connectivity index (χ2v) is 5.36. The van der Waals surface area contributed by atoms with Crippen molar-refractivity contribution in [2.45, 2.75) is 0 Å². The predicted octanol–water partition coefficient (Wildman–Crippen LogP) is 1.64. The molecule has 8 heteroatoms. The molecule has 0 fully saturated rings. The van der Waals surface area contributed by atoms with Crippen LogP contribution < -0.4 is 21.5 Å². The monoisotopic (exact) mass is 350 g/mol. The van der Waals surface area contributed by atoms with Crippen molar-refractivity contribution >= 4 is 39.2 Å². The largest absolute Gasteiger partial charge is 0.393 e. The molecule has 110 valence electrons. The first kappa shape index (κ1) is 15.0. The number of amides is 1. The number of nitrogens with one attached hydrogen (secondary N) is 2. The average molecular weight is 351 g/mol. The van der Waals surface area contributed by atoms with Crippen LogP contribution in [0.25, 0.3) is 0 Å². The Bertz CT molecular complexity index is 644. The van der Waals surface area contributed by atoms with Crippen LogP contribution in [-0.4, -0.2) is 30.0 Å². The molecule has 0 aliphatic heterocycles. The van der Waals surface area contributed by atoms with Crippen molar-refractivity contribution in [1.29, 1.82) is 0 Å². The molecule has 0 atom stereocenters. The predicted molar refractivity (Wildman–Crippen MR) is 86.0 cm³/mol. The van der Waals surface area contributed by atoms with E-state index < -0.39 is 0 Å². The highest BCUT2D eigenvalue weighted by atomic mass is 79.9. The molecule has 0 aliphatic rings. The first-order chi connectivity index (χ1) is 9.99. The van der Waals surface area contributed by atoms with Crippen molar-refractivity contribution in [3.05, 3.63) is 40.6 Å². The van der Waals surface area contributed by atoms with Gasteiger partial charge < -0.3 is 10.6 Å². The summed E-state index contributed by atoms with van der Waals surface area (Å²) in [5, 5.41) is 0. The zero-order valence-corrected chi connectivity index (χ0v) is 13.2. The highest BCUT2D eigenvalue weighted by Crippen LogP contribution is 2.23. The molecule has 1 aromatic heterocycles. The molecule has 0 aliphatic carbocycles. The van der Waals surface area contributed by atoms with E-state index in [4.69, 9.17) is 5.73 Å². The van der Waals surface area contributed by atoms with Gasteiger partial charge in [0.15, 0.2) is 11.6 Å². The molecule has 21 heavy (non-hydrogen) atoms. The lowest BCUT2D eigenvalue weighted by Crippen LogP contribution is -2.30. The van der Waals surface area contributed by atoms with E-state index in [0.29, 0.717) is 22.9 Å². The van der Waals surface area contributed by atoms with Crippen molar-refractivity contribution in [3.8, 4) is 0 Å². The highest BCUT2D eigenvalue weighted by molar-refractivity contribution is 9.10. The third-order valence-electron chi connectivity index (χ3n) is 2.69. The summed E-state index contributed by atoms with van der Waals surface area (Å²) in [4.78, 5) is 21.8. The molecule has 4 N–H and O–H groups in total. The van der Waals surface area contributed by atoms with E-state index in [1.807, 2.05) is 14.1 Å². The quantitative estimate of drug-likeness (QED) is 0.725. The van der Waals surface area contributed by atoms with E-state index in [2.05, 4.69) is 36.7 Å². The van der Waals surface area contributed by atoms with Crippen LogP contribution in [0, 0.1) is 0 Å². The number of hydrogen-bond acceptors (Lipinski definition) is 6. The summed E-state index contributed by atoms with van der Waals surface area (Å²) in [7, 11) is 3.64. The van der Waals surface area contributed by atoms with Gasteiger partial charge in [0.05, 0.1) is 0 Å². The van der Waals surface area contributed by atoms with E-state index in [-0.39, 0.29) is 5.91 Å². The fourth-order valence-electron chi connectivity index (χ4n) is 1.63. The second kappa shape index (κ2) is 6.40. The van der Waals surface area contributed by atoms with Crippen molar-refractivity contribution in [2.75, 3.05) is 30.2 Å². The van der Waals surface area contributed by atoms with Crippen LogP contribution in [0.4, 0.5) is 17.3 Å². The van der Waals surface area contributed by atoms with Crippen LogP contribution in [0.5, 0.6) is 0 Å². The van der Waals surface area contributed by atoms with Gasteiger partial charge >= 0.3 is 0 Å². The molecule has 0 saturated heterocycles. The van der Waals surface area contributed by atoms with Gasteiger partial charge in [-0.2, -0.15) is 0 Å². The van der Waals surface area contributed by atoms with Crippen LogP contribution >= 0.6 is 15.9 Å². The number of carbonyl (C=O) groups excluding carboxylic acids is 1. The van der Waals surface area contributed by atoms with E-state index in [0.717, 1.165) is 4.47 Å². The van der Waals surface area contributed by atoms with Gasteiger partial charge in [-0.1, -0.05) is 15.9 Å². The highest BCUT2D eigenvalue weighted by Gasteiger charge is 2.11. The Hall–Kier alpha value is -2.35. The van der Waals surface area contributed by atoms with Crippen molar-refractivity contribution < 1.29 is 4.79 Å². The maximum absolute atomic E-state index is 12.0. The number of carbonyl (C=O) groups is 1. The van der Waals surface area contributed by atoms with Gasteiger partial charge in [0.2, 0.25) is 0 Å². The van der Waals surface area contributed by atoms with E-state index in [9.17, 15) is 4.79 Å². The van der Waals surface area contributed by atoms with E-state index >= 15 is 0 Å². The van der Waals surface area contributed by atoms with Gasteiger partial charge in [-0.3, -0.25) is 15.6 Å². The number of nitrogen functional groups attached to an aromatic ring is 1. The second-order valence-electron chi connectivity index (χ2n) is 4.44. The molecule has 1 heterocycles. The minimum atomic E-state index is -0.285. The number of halogens is 1. The third-order valence-corrected chi connectivity index (χ3v) is 3.22. The molecule has 2 rings (SSSR count). The molecule has 0 unspecified atom stereocenters. The van der Waals surface area contributed by atoms with Gasteiger partial charge in [0.25, 0.3) is 5.91 Å². The third kappa shape index (κ3) is 3.60.